The van der Waals surface area contributed by atoms with Gasteiger partial charge >= 0.3 is 0 Å². The number of nitrogens with one attached hydrogen (secondary N) is 2. The summed E-state index contributed by atoms with van der Waals surface area (Å²) in [5, 5.41) is 14.9. The topological polar surface area (TPSA) is 76.4 Å². The van der Waals surface area contributed by atoms with Crippen LogP contribution in [-0.2, 0) is 18.3 Å². The normalized spacial score (nSPS) is 13.2. The van der Waals surface area contributed by atoms with E-state index in [0.717, 1.165) is 50.2 Å². The first-order valence-electron chi connectivity index (χ1n) is 8.05. The summed E-state index contributed by atoms with van der Waals surface area (Å²) in [6, 6.07) is 0.374. The summed E-state index contributed by atoms with van der Waals surface area (Å²) >= 11 is 0. The van der Waals surface area contributed by atoms with E-state index in [9.17, 15) is 0 Å². The third-order valence-corrected chi connectivity index (χ3v) is 3.52. The van der Waals surface area contributed by atoms with Gasteiger partial charge in [-0.15, -0.1) is 10.2 Å². The summed E-state index contributed by atoms with van der Waals surface area (Å²) in [6.45, 7) is 11.1. The molecule has 1 aromatic heterocycles. The van der Waals surface area contributed by atoms with E-state index in [1.54, 1.807) is 0 Å². The van der Waals surface area contributed by atoms with Gasteiger partial charge in [0.1, 0.15) is 12.4 Å². The van der Waals surface area contributed by atoms with Crippen molar-refractivity contribution in [2.45, 2.75) is 53.1 Å². The van der Waals surface area contributed by atoms with E-state index in [1.165, 1.54) is 0 Å². The lowest BCUT2D eigenvalue weighted by molar-refractivity contribution is 0.145. The first-order chi connectivity index (χ1) is 10.6. The van der Waals surface area contributed by atoms with Gasteiger partial charge in [-0.1, -0.05) is 6.92 Å². The Morgan fingerprint density at radius 3 is 2.73 bits per heavy atom. The zero-order valence-corrected chi connectivity index (χ0v) is 14.5. The van der Waals surface area contributed by atoms with Crippen LogP contribution in [0.25, 0.3) is 0 Å². The van der Waals surface area contributed by atoms with Gasteiger partial charge in [0.15, 0.2) is 11.8 Å². The molecule has 126 valence electrons. The van der Waals surface area contributed by atoms with Crippen molar-refractivity contribution in [3.63, 3.8) is 0 Å². The van der Waals surface area contributed by atoms with Crippen molar-refractivity contribution in [1.82, 2.24) is 25.4 Å². The summed E-state index contributed by atoms with van der Waals surface area (Å²) in [7, 11) is 1.96. The average Bonchev–Trinajstić information content (AvgIpc) is 2.83. The van der Waals surface area contributed by atoms with Gasteiger partial charge in [0, 0.05) is 32.8 Å². The molecule has 1 heterocycles. The maximum Gasteiger partial charge on any atom is 0.191 e. The minimum Gasteiger partial charge on any atom is -0.382 e. The predicted molar refractivity (Wildman–Crippen MR) is 88.9 cm³/mol. The molecule has 2 N–H and O–H groups in total. The van der Waals surface area contributed by atoms with E-state index in [1.807, 2.05) is 25.5 Å². The fourth-order valence-corrected chi connectivity index (χ4v) is 1.75. The third-order valence-electron chi connectivity index (χ3n) is 3.52. The van der Waals surface area contributed by atoms with Crippen LogP contribution in [0.2, 0.25) is 0 Å². The van der Waals surface area contributed by atoms with Crippen molar-refractivity contribution in [3.8, 4) is 0 Å². The minimum atomic E-state index is 0.374. The lowest BCUT2D eigenvalue weighted by atomic mass is 10.3. The van der Waals surface area contributed by atoms with Crippen LogP contribution in [-0.4, -0.2) is 46.5 Å². The molecule has 0 bridgehead atoms. The van der Waals surface area contributed by atoms with Crippen LogP contribution >= 0.6 is 0 Å². The maximum atomic E-state index is 5.34. The summed E-state index contributed by atoms with van der Waals surface area (Å²) in [5.74, 6) is 2.56. The molecule has 0 saturated heterocycles. The SMILES string of the molecule is CCOCCCNC(=NCc1nnc(C)n1C)NC(C)CC. The maximum absolute atomic E-state index is 5.34. The Labute approximate surface area is 133 Å². The minimum absolute atomic E-state index is 0.374. The fraction of sp³-hybridized carbons (Fsp3) is 0.800. The van der Waals surface area contributed by atoms with Gasteiger partial charge in [-0.2, -0.15) is 0 Å². The fourth-order valence-electron chi connectivity index (χ4n) is 1.75. The van der Waals surface area contributed by atoms with Crippen LogP contribution in [0, 0.1) is 6.92 Å². The summed E-state index contributed by atoms with van der Waals surface area (Å²) < 4.78 is 7.30. The summed E-state index contributed by atoms with van der Waals surface area (Å²) in [6.07, 6.45) is 2.00. The Bertz CT molecular complexity index is 457. The molecule has 0 saturated carbocycles. The standard InChI is InChI=1S/C15H30N6O/c1-6-12(3)18-15(16-9-8-10-22-7-2)17-11-14-20-19-13(4)21(14)5/h12H,6-11H2,1-5H3,(H2,16,17,18). The lowest BCUT2D eigenvalue weighted by Crippen LogP contribution is -2.42. The number of ether oxygens (including phenoxy) is 1. The van der Waals surface area contributed by atoms with Crippen molar-refractivity contribution >= 4 is 5.96 Å². The summed E-state index contributed by atoms with van der Waals surface area (Å²) in [5.41, 5.74) is 0. The Morgan fingerprint density at radius 2 is 2.14 bits per heavy atom. The van der Waals surface area contributed by atoms with Crippen molar-refractivity contribution in [1.29, 1.82) is 0 Å². The largest absolute Gasteiger partial charge is 0.382 e. The molecule has 1 rings (SSSR count). The summed E-state index contributed by atoms with van der Waals surface area (Å²) in [4.78, 5) is 4.60. The van der Waals surface area contributed by atoms with Gasteiger partial charge in [-0.05, 0) is 33.6 Å². The van der Waals surface area contributed by atoms with E-state index in [0.29, 0.717) is 12.6 Å². The van der Waals surface area contributed by atoms with E-state index < -0.39 is 0 Å². The highest BCUT2D eigenvalue weighted by molar-refractivity contribution is 5.80. The number of aromatic nitrogens is 3. The second kappa shape index (κ2) is 10.2. The second-order valence-corrected chi connectivity index (χ2v) is 5.32. The Hall–Kier alpha value is -1.63. The number of hydrogen-bond donors (Lipinski definition) is 2. The third kappa shape index (κ3) is 6.43. The molecule has 7 heteroatoms. The van der Waals surface area contributed by atoms with E-state index in [4.69, 9.17) is 4.74 Å². The van der Waals surface area contributed by atoms with Crippen LogP contribution in [0.4, 0.5) is 0 Å². The van der Waals surface area contributed by atoms with Crippen molar-refractivity contribution in [3.05, 3.63) is 11.6 Å². The number of aliphatic imine (C=N–C) groups is 1. The van der Waals surface area contributed by atoms with E-state index in [2.05, 4.69) is 39.7 Å². The van der Waals surface area contributed by atoms with Gasteiger partial charge in [0.25, 0.3) is 0 Å². The monoisotopic (exact) mass is 310 g/mol. The van der Waals surface area contributed by atoms with Crippen LogP contribution in [0.1, 0.15) is 45.3 Å². The Balaban J connectivity index is 2.55. The molecule has 22 heavy (non-hydrogen) atoms. The molecule has 1 unspecified atom stereocenters. The number of guanidine groups is 1. The molecule has 0 spiro atoms. The molecule has 0 aliphatic rings. The zero-order valence-electron chi connectivity index (χ0n) is 14.5. The number of aryl methyl sites for hydroxylation is 1. The Morgan fingerprint density at radius 1 is 1.36 bits per heavy atom. The molecular weight excluding hydrogens is 280 g/mol. The molecule has 0 amide bonds. The predicted octanol–water partition coefficient (Wildman–Crippen LogP) is 1.38. The molecule has 0 aliphatic carbocycles. The molecule has 1 aromatic rings. The molecular formula is C15H30N6O. The van der Waals surface area contributed by atoms with Crippen molar-refractivity contribution in [2.75, 3.05) is 19.8 Å². The number of nitrogens with zero attached hydrogens (tertiary/aromatic N) is 4. The van der Waals surface area contributed by atoms with Crippen LogP contribution in [0.3, 0.4) is 0 Å². The van der Waals surface area contributed by atoms with Gasteiger partial charge in [0.05, 0.1) is 0 Å². The second-order valence-electron chi connectivity index (χ2n) is 5.32. The Kier molecular flexibility index (Phi) is 8.50. The lowest BCUT2D eigenvalue weighted by Gasteiger charge is -2.17. The molecule has 7 nitrogen and oxygen atoms in total. The first-order valence-corrected chi connectivity index (χ1v) is 8.05. The molecule has 1 atom stereocenters. The van der Waals surface area contributed by atoms with E-state index in [-0.39, 0.29) is 0 Å². The van der Waals surface area contributed by atoms with Gasteiger partial charge in [-0.3, -0.25) is 0 Å². The van der Waals surface area contributed by atoms with Crippen LogP contribution in [0.5, 0.6) is 0 Å². The molecule has 0 radical (unpaired) electrons. The number of rotatable bonds is 9. The molecule has 0 aliphatic heterocycles. The van der Waals surface area contributed by atoms with Crippen LogP contribution in [0.15, 0.2) is 4.99 Å². The highest BCUT2D eigenvalue weighted by atomic mass is 16.5. The highest BCUT2D eigenvalue weighted by Gasteiger charge is 2.06. The van der Waals surface area contributed by atoms with Crippen molar-refractivity contribution < 1.29 is 4.74 Å². The van der Waals surface area contributed by atoms with Crippen LogP contribution < -0.4 is 10.6 Å². The first kappa shape index (κ1) is 18.4. The molecule has 0 aromatic carbocycles. The van der Waals surface area contributed by atoms with Crippen molar-refractivity contribution in [2.24, 2.45) is 12.0 Å². The van der Waals surface area contributed by atoms with Gasteiger partial charge < -0.3 is 19.9 Å². The number of hydrogen-bond acceptors (Lipinski definition) is 4. The van der Waals surface area contributed by atoms with Gasteiger partial charge in [-0.25, -0.2) is 4.99 Å². The highest BCUT2D eigenvalue weighted by Crippen LogP contribution is 1.99. The zero-order chi connectivity index (χ0) is 16.4. The quantitative estimate of drug-likeness (QED) is 0.409. The van der Waals surface area contributed by atoms with E-state index >= 15 is 0 Å². The van der Waals surface area contributed by atoms with Gasteiger partial charge in [0.2, 0.25) is 0 Å². The average molecular weight is 310 g/mol. The smallest absolute Gasteiger partial charge is 0.191 e. The molecule has 0 fully saturated rings.